The number of primary amides is 1. The minimum absolute atomic E-state index is 0.224. The molecule has 0 saturated carbocycles. The minimum Gasteiger partial charge on any atom is -0.497 e. The molecule has 28 heavy (non-hydrogen) atoms. The first kappa shape index (κ1) is 18.7. The van der Waals surface area contributed by atoms with E-state index >= 15 is 0 Å². The highest BCUT2D eigenvalue weighted by Gasteiger charge is 2.41. The molecule has 0 aliphatic carbocycles. The van der Waals surface area contributed by atoms with Crippen LogP contribution in [0, 0.1) is 5.41 Å². The van der Waals surface area contributed by atoms with Crippen LogP contribution in [0.15, 0.2) is 36.7 Å². The molecular formula is C21H27N5O2. The Morgan fingerprint density at radius 3 is 2.96 bits per heavy atom. The number of nitrogens with two attached hydrogens (primary N) is 1. The molecule has 2 N–H and O–H groups in total. The number of nitrogens with zero attached hydrogens (tertiary/aromatic N) is 4. The number of carbonyl (C=O) groups excluding carboxylic acids is 1. The van der Waals surface area contributed by atoms with E-state index in [1.807, 2.05) is 6.07 Å². The quantitative estimate of drug-likeness (QED) is 0.854. The standard InChI is InChI=1S/C21H27N5O2/c1-28-17-5-2-4-16(10-17)13-25-8-3-6-21(14-25)7-9-26(15-21)19-12-23-11-18(24-19)20(22)27/h2,4-5,10-12H,3,6-9,13-15H2,1H3,(H2,22,27). The van der Waals surface area contributed by atoms with Crippen molar-refractivity contribution >= 4 is 11.7 Å². The Labute approximate surface area is 165 Å². The molecule has 3 heterocycles. The van der Waals surface area contributed by atoms with Gasteiger partial charge < -0.3 is 15.4 Å². The molecule has 0 radical (unpaired) electrons. The summed E-state index contributed by atoms with van der Waals surface area (Å²) in [5, 5.41) is 0. The summed E-state index contributed by atoms with van der Waals surface area (Å²) >= 11 is 0. The van der Waals surface area contributed by atoms with Crippen LogP contribution in [0.1, 0.15) is 35.3 Å². The van der Waals surface area contributed by atoms with E-state index in [9.17, 15) is 4.79 Å². The zero-order valence-corrected chi connectivity index (χ0v) is 16.3. The Hall–Kier alpha value is -2.67. The first-order valence-electron chi connectivity index (χ1n) is 9.79. The van der Waals surface area contributed by atoms with Crippen LogP contribution in [-0.2, 0) is 6.54 Å². The summed E-state index contributed by atoms with van der Waals surface area (Å²) in [7, 11) is 1.71. The van der Waals surface area contributed by atoms with E-state index in [1.165, 1.54) is 24.6 Å². The van der Waals surface area contributed by atoms with E-state index in [-0.39, 0.29) is 11.1 Å². The molecule has 2 aliphatic rings. The number of hydrogen-bond acceptors (Lipinski definition) is 6. The van der Waals surface area contributed by atoms with Gasteiger partial charge >= 0.3 is 0 Å². The molecule has 7 heteroatoms. The van der Waals surface area contributed by atoms with Crippen molar-refractivity contribution in [1.29, 1.82) is 0 Å². The maximum absolute atomic E-state index is 11.4. The molecule has 148 valence electrons. The van der Waals surface area contributed by atoms with E-state index < -0.39 is 5.91 Å². The lowest BCUT2D eigenvalue weighted by Crippen LogP contribution is -2.44. The maximum Gasteiger partial charge on any atom is 0.268 e. The van der Waals surface area contributed by atoms with Gasteiger partial charge in [0.2, 0.25) is 0 Å². The van der Waals surface area contributed by atoms with Crippen LogP contribution < -0.4 is 15.4 Å². The third-order valence-corrected chi connectivity index (χ3v) is 5.92. The topological polar surface area (TPSA) is 84.6 Å². The number of anilines is 1. The van der Waals surface area contributed by atoms with Crippen LogP contribution >= 0.6 is 0 Å². The van der Waals surface area contributed by atoms with Crippen LogP contribution in [-0.4, -0.2) is 54.1 Å². The van der Waals surface area contributed by atoms with Crippen molar-refractivity contribution in [2.75, 3.05) is 38.2 Å². The largest absolute Gasteiger partial charge is 0.497 e. The number of likely N-dealkylation sites (tertiary alicyclic amines) is 1. The van der Waals surface area contributed by atoms with Crippen molar-refractivity contribution in [2.45, 2.75) is 25.8 Å². The summed E-state index contributed by atoms with van der Waals surface area (Å²) in [5.41, 5.74) is 7.13. The van der Waals surface area contributed by atoms with Crippen LogP contribution in [0.2, 0.25) is 0 Å². The van der Waals surface area contributed by atoms with E-state index in [0.29, 0.717) is 0 Å². The zero-order valence-electron chi connectivity index (χ0n) is 16.3. The Balaban J connectivity index is 1.44. The lowest BCUT2D eigenvalue weighted by Gasteiger charge is -2.40. The number of aromatic nitrogens is 2. The molecule has 1 unspecified atom stereocenters. The molecule has 1 aromatic heterocycles. The van der Waals surface area contributed by atoms with Crippen molar-refractivity contribution in [3.63, 3.8) is 0 Å². The summed E-state index contributed by atoms with van der Waals surface area (Å²) in [4.78, 5) is 24.7. The first-order valence-corrected chi connectivity index (χ1v) is 9.79. The van der Waals surface area contributed by atoms with Crippen molar-refractivity contribution < 1.29 is 9.53 Å². The van der Waals surface area contributed by atoms with E-state index in [2.05, 4.69) is 38.0 Å². The molecule has 4 rings (SSSR count). The molecule has 2 saturated heterocycles. The molecule has 7 nitrogen and oxygen atoms in total. The van der Waals surface area contributed by atoms with Gasteiger partial charge in [-0.05, 0) is 43.5 Å². The highest BCUT2D eigenvalue weighted by molar-refractivity contribution is 5.90. The third-order valence-electron chi connectivity index (χ3n) is 5.92. The lowest BCUT2D eigenvalue weighted by atomic mass is 9.79. The van der Waals surface area contributed by atoms with Crippen molar-refractivity contribution in [3.05, 3.63) is 47.9 Å². The van der Waals surface area contributed by atoms with E-state index in [0.717, 1.165) is 50.7 Å². The SMILES string of the molecule is COc1cccc(CN2CCCC3(CCN(c4cncc(C(N)=O)n4)C3)C2)c1. The number of amides is 1. The van der Waals surface area contributed by atoms with Gasteiger partial charge in [0.15, 0.2) is 0 Å². The summed E-state index contributed by atoms with van der Waals surface area (Å²) < 4.78 is 5.36. The lowest BCUT2D eigenvalue weighted by molar-refractivity contribution is 0.0991. The number of hydrogen-bond donors (Lipinski definition) is 1. The van der Waals surface area contributed by atoms with Gasteiger partial charge in [0.1, 0.15) is 17.3 Å². The highest BCUT2D eigenvalue weighted by Crippen LogP contribution is 2.40. The Bertz CT molecular complexity index is 858. The van der Waals surface area contributed by atoms with Crippen LogP contribution in [0.3, 0.4) is 0 Å². The summed E-state index contributed by atoms with van der Waals surface area (Å²) in [6.45, 7) is 5.01. The highest BCUT2D eigenvalue weighted by atomic mass is 16.5. The predicted octanol–water partition coefficient (Wildman–Crippen LogP) is 2.08. The molecule has 2 aromatic rings. The average Bonchev–Trinajstić information content (AvgIpc) is 3.11. The molecule has 0 bridgehead atoms. The summed E-state index contributed by atoms with van der Waals surface area (Å²) in [6, 6.07) is 8.32. The summed E-state index contributed by atoms with van der Waals surface area (Å²) in [6.07, 6.45) is 6.70. The van der Waals surface area contributed by atoms with Crippen molar-refractivity contribution in [3.8, 4) is 5.75 Å². The van der Waals surface area contributed by atoms with Crippen molar-refractivity contribution in [2.24, 2.45) is 11.1 Å². The fourth-order valence-electron chi connectivity index (χ4n) is 4.56. The average molecular weight is 381 g/mol. The van der Waals surface area contributed by atoms with Gasteiger partial charge in [0.25, 0.3) is 5.91 Å². The number of rotatable bonds is 5. The van der Waals surface area contributed by atoms with Gasteiger partial charge in [-0.1, -0.05) is 12.1 Å². The van der Waals surface area contributed by atoms with Gasteiger partial charge in [0, 0.05) is 31.6 Å². The van der Waals surface area contributed by atoms with Gasteiger partial charge in [-0.15, -0.1) is 0 Å². The first-order chi connectivity index (χ1) is 13.6. The Kier molecular flexibility index (Phi) is 5.17. The minimum atomic E-state index is -0.537. The smallest absolute Gasteiger partial charge is 0.268 e. The molecule has 2 fully saturated rings. The fourth-order valence-corrected chi connectivity index (χ4v) is 4.56. The van der Waals surface area contributed by atoms with E-state index in [4.69, 9.17) is 10.5 Å². The maximum atomic E-state index is 11.4. The van der Waals surface area contributed by atoms with Gasteiger partial charge in [-0.25, -0.2) is 4.98 Å². The van der Waals surface area contributed by atoms with Crippen LogP contribution in [0.5, 0.6) is 5.75 Å². The van der Waals surface area contributed by atoms with Gasteiger partial charge in [-0.3, -0.25) is 14.7 Å². The number of ether oxygens (including phenoxy) is 1. The second-order valence-corrected chi connectivity index (χ2v) is 7.96. The number of benzene rings is 1. The number of piperidine rings is 1. The normalized spacial score (nSPS) is 22.5. The molecule has 1 atom stereocenters. The van der Waals surface area contributed by atoms with Gasteiger partial charge in [-0.2, -0.15) is 0 Å². The number of methoxy groups -OCH3 is 1. The number of carbonyl (C=O) groups is 1. The monoisotopic (exact) mass is 381 g/mol. The second kappa shape index (κ2) is 7.75. The summed E-state index contributed by atoms with van der Waals surface area (Å²) in [5.74, 6) is 1.12. The van der Waals surface area contributed by atoms with Crippen LogP contribution in [0.4, 0.5) is 5.82 Å². The molecule has 1 amide bonds. The molecule has 2 aliphatic heterocycles. The van der Waals surface area contributed by atoms with Crippen molar-refractivity contribution in [1.82, 2.24) is 14.9 Å². The molecule has 1 spiro atoms. The van der Waals surface area contributed by atoms with E-state index in [1.54, 1.807) is 13.3 Å². The zero-order chi connectivity index (χ0) is 19.6. The molecule has 1 aromatic carbocycles. The fraction of sp³-hybridized carbons (Fsp3) is 0.476. The third kappa shape index (κ3) is 3.94. The Morgan fingerprint density at radius 1 is 1.25 bits per heavy atom. The van der Waals surface area contributed by atoms with Crippen LogP contribution in [0.25, 0.3) is 0 Å². The second-order valence-electron chi connectivity index (χ2n) is 7.96. The van der Waals surface area contributed by atoms with Gasteiger partial charge in [0.05, 0.1) is 19.5 Å². The molecular weight excluding hydrogens is 354 g/mol. The Morgan fingerprint density at radius 2 is 2.14 bits per heavy atom. The predicted molar refractivity (Wildman–Crippen MR) is 107 cm³/mol.